The molecular weight excluding hydrogens is 438 g/mol. The number of thiazole rings is 1. The second kappa shape index (κ2) is 8.46. The Bertz CT molecular complexity index is 1170. The van der Waals surface area contributed by atoms with Gasteiger partial charge >= 0.3 is 0 Å². The first-order chi connectivity index (χ1) is 15.1. The lowest BCUT2D eigenvalue weighted by molar-refractivity contribution is 0.0730. The summed E-state index contributed by atoms with van der Waals surface area (Å²) in [5, 5.41) is 5.95. The lowest BCUT2D eigenvalue weighted by Gasteiger charge is -2.26. The molecule has 0 saturated carbocycles. The van der Waals surface area contributed by atoms with Crippen molar-refractivity contribution >= 4 is 32.2 Å². The maximum absolute atomic E-state index is 12.8. The zero-order valence-electron chi connectivity index (χ0n) is 16.6. The quantitative estimate of drug-likeness (QED) is 0.626. The van der Waals surface area contributed by atoms with Crippen molar-refractivity contribution in [2.45, 2.75) is 4.90 Å². The van der Waals surface area contributed by atoms with Crippen LogP contribution in [0.15, 0.2) is 52.7 Å². The first kappa shape index (κ1) is 20.3. The average molecular weight is 460 g/mol. The summed E-state index contributed by atoms with van der Waals surface area (Å²) in [6, 6.07) is 12.5. The van der Waals surface area contributed by atoms with E-state index in [-0.39, 0.29) is 4.90 Å². The number of ether oxygens (including phenoxy) is 3. The van der Waals surface area contributed by atoms with E-state index >= 15 is 0 Å². The van der Waals surface area contributed by atoms with Gasteiger partial charge in [-0.1, -0.05) is 12.1 Å². The third-order valence-electron chi connectivity index (χ3n) is 5.06. The van der Waals surface area contributed by atoms with Crippen LogP contribution in [-0.2, 0) is 14.8 Å². The molecule has 2 aliphatic heterocycles. The third-order valence-corrected chi connectivity index (χ3v) is 7.73. The molecule has 3 heterocycles. The summed E-state index contributed by atoms with van der Waals surface area (Å²) >= 11 is 1.47. The molecule has 8 nitrogen and oxygen atoms in total. The summed E-state index contributed by atoms with van der Waals surface area (Å²) < 4.78 is 43.4. The van der Waals surface area contributed by atoms with Gasteiger partial charge in [0.05, 0.1) is 23.8 Å². The van der Waals surface area contributed by atoms with E-state index in [9.17, 15) is 8.42 Å². The Morgan fingerprint density at radius 2 is 1.68 bits per heavy atom. The van der Waals surface area contributed by atoms with Gasteiger partial charge in [0.25, 0.3) is 0 Å². The molecule has 1 fully saturated rings. The molecule has 5 rings (SSSR count). The van der Waals surface area contributed by atoms with Crippen LogP contribution in [0, 0.1) is 0 Å². The van der Waals surface area contributed by atoms with Crippen LogP contribution in [0.5, 0.6) is 11.5 Å². The zero-order valence-corrected chi connectivity index (χ0v) is 18.2. The van der Waals surface area contributed by atoms with E-state index in [1.165, 1.54) is 15.6 Å². The van der Waals surface area contributed by atoms with Crippen molar-refractivity contribution in [3.8, 4) is 22.8 Å². The highest BCUT2D eigenvalue weighted by Crippen LogP contribution is 2.35. The summed E-state index contributed by atoms with van der Waals surface area (Å²) in [7, 11) is -3.50. The number of fused-ring (bicyclic) bond motifs is 1. The molecule has 0 spiro atoms. The van der Waals surface area contributed by atoms with E-state index in [1.807, 2.05) is 23.6 Å². The highest BCUT2D eigenvalue weighted by Gasteiger charge is 2.26. The Balaban J connectivity index is 1.30. The Morgan fingerprint density at radius 3 is 2.45 bits per heavy atom. The van der Waals surface area contributed by atoms with Crippen LogP contribution >= 0.6 is 11.3 Å². The van der Waals surface area contributed by atoms with Crippen molar-refractivity contribution in [3.05, 3.63) is 47.8 Å². The van der Waals surface area contributed by atoms with Crippen LogP contribution in [0.1, 0.15) is 0 Å². The number of benzene rings is 2. The first-order valence-electron chi connectivity index (χ1n) is 9.90. The first-order valence-corrected chi connectivity index (χ1v) is 12.2. The fraction of sp³-hybridized carbons (Fsp3) is 0.286. The lowest BCUT2D eigenvalue weighted by Crippen LogP contribution is -2.40. The molecule has 1 N–H and O–H groups in total. The Morgan fingerprint density at radius 1 is 0.935 bits per heavy atom. The molecular formula is C21H21N3O5S2. The number of rotatable bonds is 5. The van der Waals surface area contributed by atoms with Gasteiger partial charge < -0.3 is 19.5 Å². The molecule has 162 valence electrons. The summed E-state index contributed by atoms with van der Waals surface area (Å²) in [5.74, 6) is 1.45. The maximum Gasteiger partial charge on any atom is 0.243 e. The van der Waals surface area contributed by atoms with E-state index in [0.717, 1.165) is 27.8 Å². The Kier molecular flexibility index (Phi) is 5.53. The smallest absolute Gasteiger partial charge is 0.243 e. The Hall–Kier alpha value is -2.66. The summed E-state index contributed by atoms with van der Waals surface area (Å²) in [6.07, 6.45) is 0. The molecule has 10 heteroatoms. The minimum absolute atomic E-state index is 0.281. The second-order valence-electron chi connectivity index (χ2n) is 7.06. The number of hydrogen-bond acceptors (Lipinski definition) is 8. The molecule has 0 radical (unpaired) electrons. The van der Waals surface area contributed by atoms with E-state index in [2.05, 4.69) is 10.3 Å². The predicted molar refractivity (Wildman–Crippen MR) is 118 cm³/mol. The number of aromatic nitrogens is 1. The average Bonchev–Trinajstić information content (AvgIpc) is 3.28. The largest absolute Gasteiger partial charge is 0.486 e. The van der Waals surface area contributed by atoms with E-state index in [1.54, 1.807) is 24.3 Å². The van der Waals surface area contributed by atoms with Crippen molar-refractivity contribution in [1.82, 2.24) is 9.29 Å². The molecule has 31 heavy (non-hydrogen) atoms. The molecule has 0 aliphatic carbocycles. The van der Waals surface area contributed by atoms with Gasteiger partial charge in [-0.3, -0.25) is 0 Å². The third kappa shape index (κ3) is 4.24. The molecule has 2 aromatic carbocycles. The molecule has 0 atom stereocenters. The van der Waals surface area contributed by atoms with Gasteiger partial charge in [0.2, 0.25) is 10.0 Å². The minimum Gasteiger partial charge on any atom is -0.486 e. The Labute approximate surface area is 184 Å². The topological polar surface area (TPSA) is 90.0 Å². The zero-order chi connectivity index (χ0) is 21.3. The lowest BCUT2D eigenvalue weighted by atomic mass is 10.2. The van der Waals surface area contributed by atoms with Crippen molar-refractivity contribution in [3.63, 3.8) is 0 Å². The molecule has 1 aromatic heterocycles. The van der Waals surface area contributed by atoms with E-state index < -0.39 is 10.0 Å². The number of hydrogen-bond donors (Lipinski definition) is 1. The van der Waals surface area contributed by atoms with Crippen LogP contribution in [0.2, 0.25) is 0 Å². The molecule has 0 bridgehead atoms. The van der Waals surface area contributed by atoms with Crippen molar-refractivity contribution < 1.29 is 22.6 Å². The number of morpholine rings is 1. The standard InChI is InChI=1S/C21H21N3O5S2/c25-31(26,24-7-9-27-10-8-24)17-4-1-15(2-5-17)18-14-30-21(23-18)22-16-3-6-19-20(13-16)29-12-11-28-19/h1-6,13-14H,7-12H2,(H,22,23). The number of nitrogens with zero attached hydrogens (tertiary/aromatic N) is 2. The SMILES string of the molecule is O=S(=O)(c1ccc(-c2csc(Nc3ccc4c(c3)OCCO4)n2)cc1)N1CCOCC1. The second-order valence-corrected chi connectivity index (χ2v) is 9.86. The summed E-state index contributed by atoms with van der Waals surface area (Å²) in [4.78, 5) is 4.91. The monoisotopic (exact) mass is 459 g/mol. The highest BCUT2D eigenvalue weighted by molar-refractivity contribution is 7.89. The number of anilines is 2. The van der Waals surface area contributed by atoms with Gasteiger partial charge in [-0.25, -0.2) is 13.4 Å². The molecule has 1 saturated heterocycles. The molecule has 0 amide bonds. The normalized spacial score (nSPS) is 16.8. The van der Waals surface area contributed by atoms with Crippen LogP contribution in [0.4, 0.5) is 10.8 Å². The van der Waals surface area contributed by atoms with Gasteiger partial charge in [-0.2, -0.15) is 4.31 Å². The van der Waals surface area contributed by atoms with Crippen LogP contribution < -0.4 is 14.8 Å². The van der Waals surface area contributed by atoms with Gasteiger partial charge in [-0.05, 0) is 24.3 Å². The molecule has 2 aliphatic rings. The van der Waals surface area contributed by atoms with Gasteiger partial charge in [-0.15, -0.1) is 11.3 Å². The minimum atomic E-state index is -3.50. The van der Waals surface area contributed by atoms with Crippen LogP contribution in [0.3, 0.4) is 0 Å². The van der Waals surface area contributed by atoms with Crippen LogP contribution in [-0.4, -0.2) is 57.2 Å². The fourth-order valence-electron chi connectivity index (χ4n) is 3.44. The molecule has 3 aromatic rings. The van der Waals surface area contributed by atoms with Gasteiger partial charge in [0.1, 0.15) is 13.2 Å². The fourth-order valence-corrected chi connectivity index (χ4v) is 5.59. The van der Waals surface area contributed by atoms with Crippen molar-refractivity contribution in [1.29, 1.82) is 0 Å². The van der Waals surface area contributed by atoms with Gasteiger partial charge in [0.15, 0.2) is 16.6 Å². The predicted octanol–water partition coefficient (Wildman–Crippen LogP) is 3.35. The maximum atomic E-state index is 12.8. The van der Waals surface area contributed by atoms with Gasteiger partial charge in [0, 0.05) is 35.8 Å². The number of nitrogens with one attached hydrogen (secondary N) is 1. The van der Waals surface area contributed by atoms with E-state index in [4.69, 9.17) is 14.2 Å². The molecule has 0 unspecified atom stereocenters. The van der Waals surface area contributed by atoms with E-state index in [0.29, 0.717) is 45.3 Å². The number of sulfonamides is 1. The van der Waals surface area contributed by atoms with Crippen LogP contribution in [0.25, 0.3) is 11.3 Å². The summed E-state index contributed by atoms with van der Waals surface area (Å²) in [5.41, 5.74) is 2.49. The highest BCUT2D eigenvalue weighted by atomic mass is 32.2. The van der Waals surface area contributed by atoms with Crippen molar-refractivity contribution in [2.24, 2.45) is 0 Å². The van der Waals surface area contributed by atoms with Crippen molar-refractivity contribution in [2.75, 3.05) is 44.8 Å². The summed E-state index contributed by atoms with van der Waals surface area (Å²) in [6.45, 7) is 2.71.